The van der Waals surface area contributed by atoms with E-state index < -0.39 is 5.79 Å². The molecule has 130 valence electrons. The Hall–Kier alpha value is -2.12. The number of nitrogens with one attached hydrogen (secondary N) is 1. The van der Waals surface area contributed by atoms with Crippen molar-refractivity contribution in [2.24, 2.45) is 0 Å². The van der Waals surface area contributed by atoms with Crippen LogP contribution < -0.4 is 5.32 Å². The van der Waals surface area contributed by atoms with E-state index in [4.69, 9.17) is 9.47 Å². The molecule has 1 aliphatic rings. The summed E-state index contributed by atoms with van der Waals surface area (Å²) >= 11 is 0. The highest BCUT2D eigenvalue weighted by atomic mass is 16.7. The van der Waals surface area contributed by atoms with Gasteiger partial charge in [-0.15, -0.1) is 0 Å². The monoisotopic (exact) mass is 335 g/mol. The summed E-state index contributed by atoms with van der Waals surface area (Å²) in [6.07, 6.45) is -0.0640. The van der Waals surface area contributed by atoms with E-state index in [0.717, 1.165) is 11.1 Å². The average Bonchev–Trinajstić information content (AvgIpc) is 2.63. The maximum Gasteiger partial charge on any atom is 0.163 e. The molecule has 2 aromatic rings. The number of ether oxygens (including phenoxy) is 2. The highest BCUT2D eigenvalue weighted by molar-refractivity contribution is 5.34. The molecule has 0 unspecified atom stereocenters. The maximum absolute atomic E-state index is 6.20. The zero-order valence-electron chi connectivity index (χ0n) is 15.0. The molecular weight excluding hydrogens is 310 g/mol. The zero-order chi connectivity index (χ0) is 17.7. The molecule has 3 heteroatoms. The topological polar surface area (TPSA) is 30.5 Å². The first-order valence-electron chi connectivity index (χ1n) is 8.73. The Balaban J connectivity index is 1.72. The highest BCUT2D eigenvalue weighted by Crippen LogP contribution is 2.33. The molecule has 1 heterocycles. The Morgan fingerprint density at radius 1 is 1.04 bits per heavy atom. The molecule has 0 aliphatic carbocycles. The van der Waals surface area contributed by atoms with Gasteiger partial charge in [0.15, 0.2) is 5.79 Å². The lowest BCUT2D eigenvalue weighted by atomic mass is 10.00. The average molecular weight is 335 g/mol. The summed E-state index contributed by atoms with van der Waals surface area (Å²) in [5.41, 5.74) is 2.17. The van der Waals surface area contributed by atoms with Crippen LogP contribution in [0.5, 0.6) is 0 Å². The van der Waals surface area contributed by atoms with Gasteiger partial charge < -0.3 is 9.47 Å². The second-order valence-electron chi connectivity index (χ2n) is 6.79. The molecule has 1 saturated heterocycles. The summed E-state index contributed by atoms with van der Waals surface area (Å²) in [6, 6.07) is 20.4. The van der Waals surface area contributed by atoms with Gasteiger partial charge in [-0.2, -0.15) is 0 Å². The molecule has 3 atom stereocenters. The fourth-order valence-electron chi connectivity index (χ4n) is 2.95. The van der Waals surface area contributed by atoms with Crippen molar-refractivity contribution in [3.05, 3.63) is 71.8 Å². The SMILES string of the molecule is C[C@@H](C#Cc1ccccc1)N[C@H]1COC(C)(C)O[C@H]1c1ccccc1. The van der Waals surface area contributed by atoms with Crippen molar-refractivity contribution < 1.29 is 9.47 Å². The molecular formula is C22H25NO2. The van der Waals surface area contributed by atoms with Gasteiger partial charge in [0.25, 0.3) is 0 Å². The van der Waals surface area contributed by atoms with Crippen LogP contribution in [0.3, 0.4) is 0 Å². The molecule has 1 fully saturated rings. The number of rotatable bonds is 3. The first kappa shape index (κ1) is 17.7. The Morgan fingerprint density at radius 3 is 2.36 bits per heavy atom. The normalized spacial score (nSPS) is 23.3. The van der Waals surface area contributed by atoms with Crippen molar-refractivity contribution in [2.45, 2.75) is 44.7 Å². The first-order chi connectivity index (χ1) is 12.0. The summed E-state index contributed by atoms with van der Waals surface area (Å²) in [6.45, 7) is 6.57. The van der Waals surface area contributed by atoms with Crippen LogP contribution in [0.2, 0.25) is 0 Å². The lowest BCUT2D eigenvalue weighted by Crippen LogP contribution is -2.52. The maximum atomic E-state index is 6.20. The second-order valence-corrected chi connectivity index (χ2v) is 6.79. The van der Waals surface area contributed by atoms with Gasteiger partial charge in [0.05, 0.1) is 18.7 Å². The minimum Gasteiger partial charge on any atom is -0.349 e. The minimum absolute atomic E-state index is 0.0323. The van der Waals surface area contributed by atoms with Crippen LogP contribution in [0.1, 0.15) is 38.0 Å². The van der Waals surface area contributed by atoms with Crippen LogP contribution in [0.15, 0.2) is 60.7 Å². The van der Waals surface area contributed by atoms with Crippen LogP contribution in [0, 0.1) is 11.8 Å². The Morgan fingerprint density at radius 2 is 1.68 bits per heavy atom. The van der Waals surface area contributed by atoms with E-state index in [1.54, 1.807) is 0 Å². The van der Waals surface area contributed by atoms with Gasteiger partial charge in [-0.1, -0.05) is 60.4 Å². The zero-order valence-corrected chi connectivity index (χ0v) is 15.0. The Kier molecular flexibility index (Phi) is 5.55. The molecule has 0 saturated carbocycles. The predicted molar refractivity (Wildman–Crippen MR) is 100 cm³/mol. The first-order valence-corrected chi connectivity index (χ1v) is 8.73. The fraction of sp³-hybridized carbons (Fsp3) is 0.364. The van der Waals surface area contributed by atoms with E-state index in [0.29, 0.717) is 6.61 Å². The van der Waals surface area contributed by atoms with Crippen LogP contribution in [-0.4, -0.2) is 24.5 Å². The van der Waals surface area contributed by atoms with E-state index in [2.05, 4.69) is 36.2 Å². The minimum atomic E-state index is -0.586. The van der Waals surface area contributed by atoms with Crippen molar-refractivity contribution >= 4 is 0 Å². The lowest BCUT2D eigenvalue weighted by molar-refractivity contribution is -0.285. The van der Waals surface area contributed by atoms with Crippen LogP contribution in [0.4, 0.5) is 0 Å². The molecule has 0 amide bonds. The van der Waals surface area contributed by atoms with Crippen molar-refractivity contribution in [1.82, 2.24) is 5.32 Å². The third-order valence-electron chi connectivity index (χ3n) is 4.19. The standard InChI is InChI=1S/C22H25NO2/c1-17(14-15-18-10-6-4-7-11-18)23-20-16-24-22(2,3)25-21(20)19-12-8-5-9-13-19/h4-13,17,20-21,23H,16H2,1-3H3/t17-,20-,21-/m0/s1. The third kappa shape index (κ3) is 4.93. The summed E-state index contributed by atoms with van der Waals surface area (Å²) in [5, 5.41) is 3.55. The molecule has 1 aliphatic heterocycles. The third-order valence-corrected chi connectivity index (χ3v) is 4.19. The molecule has 1 N–H and O–H groups in total. The van der Waals surface area contributed by atoms with Crippen molar-refractivity contribution in [3.63, 3.8) is 0 Å². The smallest absolute Gasteiger partial charge is 0.163 e. The molecule has 0 bridgehead atoms. The van der Waals surface area contributed by atoms with E-state index in [9.17, 15) is 0 Å². The van der Waals surface area contributed by atoms with Gasteiger partial charge in [0.2, 0.25) is 0 Å². The van der Waals surface area contributed by atoms with Crippen LogP contribution in [-0.2, 0) is 9.47 Å². The van der Waals surface area contributed by atoms with E-state index >= 15 is 0 Å². The highest BCUT2D eigenvalue weighted by Gasteiger charge is 2.37. The van der Waals surface area contributed by atoms with Gasteiger partial charge >= 0.3 is 0 Å². The number of benzene rings is 2. The van der Waals surface area contributed by atoms with Gasteiger partial charge in [-0.25, -0.2) is 0 Å². The van der Waals surface area contributed by atoms with Gasteiger partial charge in [-0.3, -0.25) is 5.32 Å². The molecule has 2 aromatic carbocycles. The molecule has 0 radical (unpaired) electrons. The summed E-state index contributed by atoms with van der Waals surface area (Å²) in [5.74, 6) is 5.89. The summed E-state index contributed by atoms with van der Waals surface area (Å²) in [7, 11) is 0. The van der Waals surface area contributed by atoms with E-state index in [1.165, 1.54) is 0 Å². The van der Waals surface area contributed by atoms with E-state index in [1.807, 2.05) is 62.4 Å². The summed E-state index contributed by atoms with van der Waals surface area (Å²) in [4.78, 5) is 0. The van der Waals surface area contributed by atoms with Crippen molar-refractivity contribution in [1.29, 1.82) is 0 Å². The second kappa shape index (κ2) is 7.84. The fourth-order valence-corrected chi connectivity index (χ4v) is 2.95. The largest absolute Gasteiger partial charge is 0.349 e. The molecule has 3 rings (SSSR count). The van der Waals surface area contributed by atoms with Crippen molar-refractivity contribution in [3.8, 4) is 11.8 Å². The molecule has 25 heavy (non-hydrogen) atoms. The number of hydrogen-bond acceptors (Lipinski definition) is 3. The van der Waals surface area contributed by atoms with Crippen LogP contribution in [0.25, 0.3) is 0 Å². The molecule has 0 aromatic heterocycles. The van der Waals surface area contributed by atoms with Crippen LogP contribution >= 0.6 is 0 Å². The quantitative estimate of drug-likeness (QED) is 0.863. The number of hydrogen-bond donors (Lipinski definition) is 1. The molecule has 0 spiro atoms. The Labute approximate surface area is 150 Å². The van der Waals surface area contributed by atoms with E-state index in [-0.39, 0.29) is 18.2 Å². The van der Waals surface area contributed by atoms with Crippen molar-refractivity contribution in [2.75, 3.05) is 6.61 Å². The Bertz CT molecular complexity index is 731. The van der Waals surface area contributed by atoms with Gasteiger partial charge in [0.1, 0.15) is 6.10 Å². The molecule has 3 nitrogen and oxygen atoms in total. The van der Waals surface area contributed by atoms with Gasteiger partial charge in [0, 0.05) is 5.56 Å². The summed E-state index contributed by atoms with van der Waals surface area (Å²) < 4.78 is 12.1. The van der Waals surface area contributed by atoms with Gasteiger partial charge in [-0.05, 0) is 38.5 Å². The predicted octanol–water partition coefficient (Wildman–Crippen LogP) is 3.91. The lowest BCUT2D eigenvalue weighted by Gasteiger charge is -2.42.